The van der Waals surface area contributed by atoms with Gasteiger partial charge in [0.15, 0.2) is 0 Å². The number of ether oxygens (including phenoxy) is 1. The SMILES string of the molecule is CC1CN(C(=O)Cn2cc(NC(=O)c3ccc(CN)cc3)cn2)CC(C)O1.Cl. The van der Waals surface area contributed by atoms with Gasteiger partial charge in [0.2, 0.25) is 5.91 Å². The van der Waals surface area contributed by atoms with Crippen LogP contribution < -0.4 is 11.1 Å². The largest absolute Gasteiger partial charge is 0.372 e. The lowest BCUT2D eigenvalue weighted by Gasteiger charge is -2.35. The first kappa shape index (κ1) is 21.9. The molecule has 1 aliphatic rings. The summed E-state index contributed by atoms with van der Waals surface area (Å²) in [5.74, 6) is -0.254. The van der Waals surface area contributed by atoms with Gasteiger partial charge < -0.3 is 20.7 Å². The van der Waals surface area contributed by atoms with Gasteiger partial charge in [-0.05, 0) is 31.5 Å². The van der Waals surface area contributed by atoms with Crippen molar-refractivity contribution in [2.75, 3.05) is 18.4 Å². The normalized spacial score (nSPS) is 19.0. The number of halogens is 1. The minimum Gasteiger partial charge on any atom is -0.372 e. The average molecular weight is 408 g/mol. The number of nitrogens with zero attached hydrogens (tertiary/aromatic N) is 3. The molecule has 0 aliphatic carbocycles. The molecule has 2 aromatic rings. The predicted molar refractivity (Wildman–Crippen MR) is 108 cm³/mol. The van der Waals surface area contributed by atoms with Crippen LogP contribution in [0.25, 0.3) is 0 Å². The van der Waals surface area contributed by atoms with Crippen LogP contribution in [-0.4, -0.2) is 51.8 Å². The van der Waals surface area contributed by atoms with Gasteiger partial charge in [0.05, 0.1) is 24.1 Å². The summed E-state index contributed by atoms with van der Waals surface area (Å²) in [7, 11) is 0. The van der Waals surface area contributed by atoms with Crippen LogP contribution in [0, 0.1) is 0 Å². The smallest absolute Gasteiger partial charge is 0.255 e. The maximum atomic E-state index is 12.5. The molecule has 1 aromatic carbocycles. The standard InChI is InChI=1S/C19H25N5O3.ClH/c1-13-9-23(10-14(2)27-13)18(25)12-24-11-17(8-21-24)22-19(26)16-5-3-15(7-20)4-6-16;/h3-6,8,11,13-14H,7,9-10,12,20H2,1-2H3,(H,22,26);1H. The molecule has 28 heavy (non-hydrogen) atoms. The fourth-order valence-corrected chi connectivity index (χ4v) is 3.13. The van der Waals surface area contributed by atoms with E-state index in [1.54, 1.807) is 23.2 Å². The van der Waals surface area contributed by atoms with Crippen molar-refractivity contribution in [3.05, 3.63) is 47.8 Å². The molecule has 3 rings (SSSR count). The Balaban J connectivity index is 0.00000280. The van der Waals surface area contributed by atoms with E-state index in [9.17, 15) is 9.59 Å². The van der Waals surface area contributed by atoms with E-state index in [4.69, 9.17) is 10.5 Å². The zero-order valence-corrected chi connectivity index (χ0v) is 16.8. The van der Waals surface area contributed by atoms with Crippen LogP contribution in [0.4, 0.5) is 5.69 Å². The van der Waals surface area contributed by atoms with E-state index in [1.165, 1.54) is 10.9 Å². The summed E-state index contributed by atoms with van der Waals surface area (Å²) in [4.78, 5) is 26.6. The summed E-state index contributed by atoms with van der Waals surface area (Å²) in [5, 5.41) is 6.95. The summed E-state index contributed by atoms with van der Waals surface area (Å²) >= 11 is 0. The first-order valence-electron chi connectivity index (χ1n) is 9.00. The zero-order valence-electron chi connectivity index (χ0n) is 16.0. The molecule has 8 nitrogen and oxygen atoms in total. The molecular weight excluding hydrogens is 382 g/mol. The van der Waals surface area contributed by atoms with Crippen molar-refractivity contribution in [2.45, 2.75) is 39.1 Å². The Morgan fingerprint density at radius 2 is 1.86 bits per heavy atom. The number of aromatic nitrogens is 2. The molecule has 2 unspecified atom stereocenters. The zero-order chi connectivity index (χ0) is 19.4. The Hall–Kier alpha value is -2.42. The minimum atomic E-state index is -0.236. The van der Waals surface area contributed by atoms with Crippen molar-refractivity contribution in [2.24, 2.45) is 5.73 Å². The third-order valence-electron chi connectivity index (χ3n) is 4.41. The minimum absolute atomic E-state index is 0. The van der Waals surface area contributed by atoms with E-state index in [1.807, 2.05) is 26.0 Å². The Labute approximate surface area is 170 Å². The van der Waals surface area contributed by atoms with Gasteiger partial charge in [0.1, 0.15) is 6.54 Å². The summed E-state index contributed by atoms with van der Waals surface area (Å²) in [6, 6.07) is 7.10. The number of hydrogen-bond donors (Lipinski definition) is 2. The fraction of sp³-hybridized carbons (Fsp3) is 0.421. The Kier molecular flexibility index (Phi) is 7.56. The maximum Gasteiger partial charge on any atom is 0.255 e. The molecule has 1 aromatic heterocycles. The Morgan fingerprint density at radius 3 is 2.46 bits per heavy atom. The number of morpholine rings is 1. The van der Waals surface area contributed by atoms with Crippen LogP contribution in [-0.2, 0) is 22.6 Å². The second kappa shape index (κ2) is 9.68. The maximum absolute atomic E-state index is 12.5. The van der Waals surface area contributed by atoms with Crippen LogP contribution in [0.15, 0.2) is 36.7 Å². The van der Waals surface area contributed by atoms with Crippen LogP contribution in [0.3, 0.4) is 0 Å². The van der Waals surface area contributed by atoms with E-state index in [-0.39, 0.29) is 43.0 Å². The number of anilines is 1. The third kappa shape index (κ3) is 5.54. The number of carbonyl (C=O) groups is 2. The quantitative estimate of drug-likeness (QED) is 0.784. The molecule has 2 heterocycles. The van der Waals surface area contributed by atoms with Gasteiger partial charge in [0, 0.05) is 31.4 Å². The van der Waals surface area contributed by atoms with Crippen molar-refractivity contribution in [3.8, 4) is 0 Å². The van der Waals surface area contributed by atoms with Gasteiger partial charge >= 0.3 is 0 Å². The van der Waals surface area contributed by atoms with Crippen LogP contribution in [0.1, 0.15) is 29.8 Å². The first-order chi connectivity index (χ1) is 12.9. The predicted octanol–water partition coefficient (Wildman–Crippen LogP) is 1.65. The monoisotopic (exact) mass is 407 g/mol. The van der Waals surface area contributed by atoms with E-state index < -0.39 is 0 Å². The molecule has 2 amide bonds. The highest BCUT2D eigenvalue weighted by atomic mass is 35.5. The van der Waals surface area contributed by atoms with Crippen molar-refractivity contribution in [1.29, 1.82) is 0 Å². The summed E-state index contributed by atoms with van der Waals surface area (Å²) in [6.45, 7) is 5.62. The van der Waals surface area contributed by atoms with E-state index in [0.29, 0.717) is 30.9 Å². The van der Waals surface area contributed by atoms with Gasteiger partial charge in [-0.2, -0.15) is 5.10 Å². The highest BCUT2D eigenvalue weighted by molar-refractivity contribution is 6.04. The molecule has 1 fully saturated rings. The lowest BCUT2D eigenvalue weighted by Crippen LogP contribution is -2.49. The number of carbonyl (C=O) groups excluding carboxylic acids is 2. The van der Waals surface area contributed by atoms with Gasteiger partial charge in [0.25, 0.3) is 5.91 Å². The number of amides is 2. The number of hydrogen-bond acceptors (Lipinski definition) is 5. The highest BCUT2D eigenvalue weighted by Crippen LogP contribution is 2.13. The summed E-state index contributed by atoms with van der Waals surface area (Å²) < 4.78 is 7.18. The Bertz CT molecular complexity index is 798. The van der Waals surface area contributed by atoms with Gasteiger partial charge in [-0.1, -0.05) is 12.1 Å². The average Bonchev–Trinajstić information content (AvgIpc) is 3.07. The second-order valence-corrected chi connectivity index (χ2v) is 6.84. The van der Waals surface area contributed by atoms with Crippen molar-refractivity contribution >= 4 is 29.9 Å². The number of nitrogens with two attached hydrogens (primary N) is 1. The van der Waals surface area contributed by atoms with Gasteiger partial charge in [-0.15, -0.1) is 12.4 Å². The van der Waals surface area contributed by atoms with Crippen LogP contribution in [0.2, 0.25) is 0 Å². The summed E-state index contributed by atoms with van der Waals surface area (Å²) in [6.07, 6.45) is 3.23. The fourth-order valence-electron chi connectivity index (χ4n) is 3.13. The van der Waals surface area contributed by atoms with Crippen LogP contribution >= 0.6 is 12.4 Å². The Morgan fingerprint density at radius 1 is 1.21 bits per heavy atom. The first-order valence-corrected chi connectivity index (χ1v) is 9.00. The number of nitrogens with one attached hydrogen (secondary N) is 1. The van der Waals surface area contributed by atoms with Crippen LogP contribution in [0.5, 0.6) is 0 Å². The lowest BCUT2D eigenvalue weighted by molar-refractivity contribution is -0.144. The highest BCUT2D eigenvalue weighted by Gasteiger charge is 2.26. The molecule has 9 heteroatoms. The van der Waals surface area contributed by atoms with Gasteiger partial charge in [-0.3, -0.25) is 14.3 Å². The molecule has 3 N–H and O–H groups in total. The number of benzene rings is 1. The van der Waals surface area contributed by atoms with Crippen molar-refractivity contribution in [3.63, 3.8) is 0 Å². The molecule has 1 aliphatic heterocycles. The third-order valence-corrected chi connectivity index (χ3v) is 4.41. The topological polar surface area (TPSA) is 102 Å². The molecule has 0 bridgehead atoms. The molecule has 0 spiro atoms. The second-order valence-electron chi connectivity index (χ2n) is 6.84. The molecule has 1 saturated heterocycles. The lowest BCUT2D eigenvalue weighted by atomic mass is 10.1. The van der Waals surface area contributed by atoms with E-state index in [0.717, 1.165) is 5.56 Å². The van der Waals surface area contributed by atoms with E-state index in [2.05, 4.69) is 10.4 Å². The molecule has 2 atom stereocenters. The van der Waals surface area contributed by atoms with Crippen molar-refractivity contribution in [1.82, 2.24) is 14.7 Å². The molecule has 152 valence electrons. The number of rotatable bonds is 5. The molecular formula is C19H26ClN5O3. The molecule has 0 saturated carbocycles. The van der Waals surface area contributed by atoms with Gasteiger partial charge in [-0.25, -0.2) is 0 Å². The van der Waals surface area contributed by atoms with E-state index >= 15 is 0 Å². The van der Waals surface area contributed by atoms with Crippen molar-refractivity contribution < 1.29 is 14.3 Å². The molecule has 0 radical (unpaired) electrons. The summed E-state index contributed by atoms with van der Waals surface area (Å²) in [5.41, 5.74) is 7.60.